The molecule has 21 nitrogen and oxygen atoms in total. The second kappa shape index (κ2) is 26.4. The summed E-state index contributed by atoms with van der Waals surface area (Å²) < 4.78 is 0. The van der Waals surface area contributed by atoms with E-state index < -0.39 is 120 Å². The summed E-state index contributed by atoms with van der Waals surface area (Å²) in [6.07, 6.45) is 0.671. The lowest BCUT2D eigenvalue weighted by Crippen LogP contribution is -2.59. The van der Waals surface area contributed by atoms with Gasteiger partial charge in [-0.25, -0.2) is 0 Å². The van der Waals surface area contributed by atoms with Crippen molar-refractivity contribution in [2.75, 3.05) is 24.6 Å². The van der Waals surface area contributed by atoms with E-state index in [-0.39, 0.29) is 30.3 Å². The topological polar surface area (TPSA) is 339 Å². The molecule has 23 heteroatoms. The number of nitrogens with one attached hydrogen (secondary N) is 8. The van der Waals surface area contributed by atoms with Crippen LogP contribution in [0.4, 0.5) is 0 Å². The molecule has 13 N–H and O–H groups in total. The monoisotopic (exact) mass is 860 g/mol. The summed E-state index contributed by atoms with van der Waals surface area (Å²) in [5, 5.41) is 29.4. The number of carboxylic acid groups (broad SMARTS) is 1. The van der Waals surface area contributed by atoms with E-state index in [1.54, 1.807) is 27.7 Å². The second-order valence-corrected chi connectivity index (χ2v) is 16.8. The third kappa shape index (κ3) is 18.7. The van der Waals surface area contributed by atoms with E-state index >= 15 is 0 Å². The molecule has 8 atom stereocenters. The van der Waals surface area contributed by atoms with Gasteiger partial charge in [-0.2, -0.15) is 0 Å². The SMILES string of the molecule is CC[C@H](C)[C@@H]1NC(=O)CNC(=O)[C@H](C)NC(=O)[C@@H](NC(=O)[C@H](CCCCN)NC(=O)[C@@H](NC(C)=O)C(C)C)CSSC[C@@H](C(=O)N[C@@H](CCC(=O)O)C(N)=O)NC1=O. The van der Waals surface area contributed by atoms with Gasteiger partial charge < -0.3 is 59.1 Å². The fourth-order valence-electron chi connectivity index (χ4n) is 5.36. The molecule has 1 aliphatic heterocycles. The summed E-state index contributed by atoms with van der Waals surface area (Å²) in [6, 6.07) is -8.60. The highest BCUT2D eigenvalue weighted by atomic mass is 33.1. The van der Waals surface area contributed by atoms with Gasteiger partial charge in [-0.15, -0.1) is 0 Å². The van der Waals surface area contributed by atoms with Crippen LogP contribution in [0.15, 0.2) is 0 Å². The van der Waals surface area contributed by atoms with Gasteiger partial charge in [0.25, 0.3) is 0 Å². The van der Waals surface area contributed by atoms with Crippen LogP contribution in [0, 0.1) is 11.8 Å². The Bertz CT molecular complexity index is 1490. The highest BCUT2D eigenvalue weighted by Crippen LogP contribution is 2.24. The number of hydrogen-bond acceptors (Lipinski definition) is 13. The van der Waals surface area contributed by atoms with Gasteiger partial charge in [-0.05, 0) is 51.0 Å². The molecule has 0 aromatic rings. The molecule has 0 bridgehead atoms. The summed E-state index contributed by atoms with van der Waals surface area (Å²) in [6.45, 7) is 9.23. The van der Waals surface area contributed by atoms with Crippen LogP contribution in [0.25, 0.3) is 0 Å². The molecule has 1 saturated heterocycles. The Balaban J connectivity index is 3.51. The number of rotatable bonds is 18. The minimum absolute atomic E-state index is 0.129. The first-order valence-corrected chi connectivity index (χ1v) is 21.5. The maximum atomic E-state index is 13.8. The Labute approximate surface area is 345 Å². The van der Waals surface area contributed by atoms with Crippen LogP contribution in [0.3, 0.4) is 0 Å². The quantitative estimate of drug-likeness (QED) is 0.0487. The minimum Gasteiger partial charge on any atom is -0.481 e. The molecule has 0 spiro atoms. The first-order chi connectivity index (χ1) is 27.2. The van der Waals surface area contributed by atoms with Gasteiger partial charge >= 0.3 is 5.97 Å². The van der Waals surface area contributed by atoms with E-state index in [1.807, 2.05) is 0 Å². The van der Waals surface area contributed by atoms with Gasteiger partial charge in [0.15, 0.2) is 0 Å². The Hall–Kier alpha value is -4.64. The molecule has 58 heavy (non-hydrogen) atoms. The summed E-state index contributed by atoms with van der Waals surface area (Å²) in [7, 11) is 2.00. The zero-order valence-corrected chi connectivity index (χ0v) is 35.4. The predicted molar refractivity (Wildman–Crippen MR) is 216 cm³/mol. The lowest BCUT2D eigenvalue weighted by atomic mass is 9.98. The molecule has 9 amide bonds. The Morgan fingerprint density at radius 1 is 0.845 bits per heavy atom. The van der Waals surface area contributed by atoms with Crippen molar-refractivity contribution in [3.8, 4) is 0 Å². The number of hydrogen-bond donors (Lipinski definition) is 11. The normalized spacial score (nSPS) is 21.9. The lowest BCUT2D eigenvalue weighted by molar-refractivity contribution is -0.138. The van der Waals surface area contributed by atoms with Crippen molar-refractivity contribution < 1.29 is 53.1 Å². The summed E-state index contributed by atoms with van der Waals surface area (Å²) in [4.78, 5) is 129. The molecule has 0 radical (unpaired) electrons. The number of carbonyl (C=O) groups is 10. The van der Waals surface area contributed by atoms with Crippen LogP contribution >= 0.6 is 21.6 Å². The maximum Gasteiger partial charge on any atom is 0.303 e. The van der Waals surface area contributed by atoms with Gasteiger partial charge in [0, 0.05) is 24.9 Å². The van der Waals surface area contributed by atoms with E-state index in [0.29, 0.717) is 25.8 Å². The number of carbonyl (C=O) groups excluding carboxylic acids is 9. The largest absolute Gasteiger partial charge is 0.481 e. The van der Waals surface area contributed by atoms with E-state index in [0.717, 1.165) is 21.6 Å². The van der Waals surface area contributed by atoms with E-state index in [4.69, 9.17) is 16.6 Å². The van der Waals surface area contributed by atoms with Crippen molar-refractivity contribution in [2.45, 2.75) is 122 Å². The summed E-state index contributed by atoms with van der Waals surface area (Å²) >= 11 is 0. The van der Waals surface area contributed by atoms with Crippen molar-refractivity contribution in [1.29, 1.82) is 0 Å². The van der Waals surface area contributed by atoms with Crippen LogP contribution in [0.5, 0.6) is 0 Å². The summed E-state index contributed by atoms with van der Waals surface area (Å²) in [5.74, 6) is -9.18. The molecular formula is C35H60N10O11S2. The van der Waals surface area contributed by atoms with Crippen LogP contribution < -0.4 is 54.0 Å². The highest BCUT2D eigenvalue weighted by molar-refractivity contribution is 8.76. The third-order valence-electron chi connectivity index (χ3n) is 9.00. The molecule has 0 saturated carbocycles. The standard InChI is InChI=1S/C35H60N10O11S2/c1-7-18(4)28-35(56)44-24(33(54)41-21(29(37)50)11-12-26(48)49)16-58-57-15-23(32(53)39-19(5)30(51)38-14-25(47)45-28)43-31(52)22(10-8-9-13-36)42-34(55)27(17(2)3)40-20(6)46/h17-19,21-24,27-28H,7-16,36H2,1-6H3,(H2,37,50)(H,38,51)(H,39,53)(H,40,46)(H,41,54)(H,42,55)(H,43,52)(H,44,56)(H,45,47)(H,48,49)/t18-,19-,21-,22-,23-,24-,27-,28-/m0/s1. The molecule has 328 valence electrons. The first-order valence-electron chi connectivity index (χ1n) is 19.0. The Morgan fingerprint density at radius 3 is 2.07 bits per heavy atom. The Kier molecular flexibility index (Phi) is 23.4. The molecule has 1 fully saturated rings. The fourth-order valence-corrected chi connectivity index (χ4v) is 7.69. The average Bonchev–Trinajstić information content (AvgIpc) is 3.15. The number of aliphatic carboxylic acids is 1. The molecule has 0 unspecified atom stereocenters. The van der Waals surface area contributed by atoms with Crippen molar-refractivity contribution in [3.63, 3.8) is 0 Å². The van der Waals surface area contributed by atoms with E-state index in [2.05, 4.69) is 42.5 Å². The zero-order chi connectivity index (χ0) is 44.1. The van der Waals surface area contributed by atoms with Crippen molar-refractivity contribution in [1.82, 2.24) is 42.5 Å². The van der Waals surface area contributed by atoms with Gasteiger partial charge in [0.1, 0.15) is 42.3 Å². The van der Waals surface area contributed by atoms with E-state index in [1.165, 1.54) is 13.8 Å². The average molecular weight is 861 g/mol. The zero-order valence-electron chi connectivity index (χ0n) is 33.8. The maximum absolute atomic E-state index is 13.8. The van der Waals surface area contributed by atoms with Crippen LogP contribution in [0.1, 0.15) is 80.1 Å². The minimum atomic E-state index is -1.39. The van der Waals surface area contributed by atoms with Crippen LogP contribution in [-0.4, -0.2) is 131 Å². The number of unbranched alkanes of at least 4 members (excludes halogenated alkanes) is 1. The third-order valence-corrected chi connectivity index (χ3v) is 11.4. The number of amides is 9. The van der Waals surface area contributed by atoms with Gasteiger partial charge in [-0.3, -0.25) is 47.9 Å². The second-order valence-electron chi connectivity index (χ2n) is 14.2. The molecule has 0 aromatic heterocycles. The fraction of sp³-hybridized carbons (Fsp3) is 0.714. The molecule has 0 aliphatic carbocycles. The molecular weight excluding hydrogens is 801 g/mol. The predicted octanol–water partition coefficient (Wildman–Crippen LogP) is -2.89. The first kappa shape index (κ1) is 51.4. The van der Waals surface area contributed by atoms with Crippen LogP contribution in [-0.2, 0) is 47.9 Å². The Morgan fingerprint density at radius 2 is 1.50 bits per heavy atom. The molecule has 1 aliphatic rings. The molecule has 1 rings (SSSR count). The van der Waals surface area contributed by atoms with Crippen LogP contribution in [0.2, 0.25) is 0 Å². The van der Waals surface area contributed by atoms with Crippen molar-refractivity contribution >= 4 is 80.7 Å². The molecule has 1 heterocycles. The van der Waals surface area contributed by atoms with Gasteiger partial charge in [0.2, 0.25) is 53.2 Å². The highest BCUT2D eigenvalue weighted by Gasteiger charge is 2.34. The van der Waals surface area contributed by atoms with Crippen molar-refractivity contribution in [3.05, 3.63) is 0 Å². The number of nitrogens with two attached hydrogens (primary N) is 2. The molecule has 0 aromatic carbocycles. The lowest BCUT2D eigenvalue weighted by Gasteiger charge is -2.27. The van der Waals surface area contributed by atoms with Crippen molar-refractivity contribution in [2.24, 2.45) is 23.3 Å². The number of carboxylic acids is 1. The smallest absolute Gasteiger partial charge is 0.303 e. The van der Waals surface area contributed by atoms with Gasteiger partial charge in [0.05, 0.1) is 6.54 Å². The van der Waals surface area contributed by atoms with E-state index in [9.17, 15) is 47.9 Å². The summed E-state index contributed by atoms with van der Waals surface area (Å²) in [5.41, 5.74) is 11.1. The number of primary amides is 1. The van der Waals surface area contributed by atoms with Gasteiger partial charge in [-0.1, -0.05) is 55.7 Å².